The van der Waals surface area contributed by atoms with Crippen LogP contribution in [-0.2, 0) is 16.1 Å². The van der Waals surface area contributed by atoms with Crippen molar-refractivity contribution in [3.05, 3.63) is 101 Å². The van der Waals surface area contributed by atoms with Gasteiger partial charge in [-0.25, -0.2) is 0 Å². The fraction of sp³-hybridized carbons (Fsp3) is 0.240. The summed E-state index contributed by atoms with van der Waals surface area (Å²) in [4.78, 5) is 32.8. The predicted molar refractivity (Wildman–Crippen MR) is 117 cm³/mol. The lowest BCUT2D eigenvalue weighted by Crippen LogP contribution is -2.48. The topological polar surface area (TPSA) is 71.5 Å². The zero-order valence-corrected chi connectivity index (χ0v) is 17.4. The van der Waals surface area contributed by atoms with E-state index in [1.54, 1.807) is 30.5 Å². The average Bonchev–Trinajstić information content (AvgIpc) is 2.83. The number of rotatable bonds is 7. The number of hydrogen-bond donors (Lipinski definition) is 1. The number of carbonyl (C=O) groups excluding carboxylic acids is 2. The maximum atomic E-state index is 13.5. The van der Waals surface area contributed by atoms with Gasteiger partial charge in [-0.3, -0.25) is 14.6 Å². The molecular formula is C25H25N3O3. The molecule has 0 bridgehead atoms. The Morgan fingerprint density at radius 2 is 1.84 bits per heavy atom. The van der Waals surface area contributed by atoms with Gasteiger partial charge in [0, 0.05) is 38.2 Å². The molecule has 0 saturated carbocycles. The first-order chi connectivity index (χ1) is 15.2. The van der Waals surface area contributed by atoms with Crippen molar-refractivity contribution in [1.29, 1.82) is 0 Å². The lowest BCUT2D eigenvalue weighted by molar-refractivity contribution is -0.124. The Morgan fingerprint density at radius 3 is 2.58 bits per heavy atom. The van der Waals surface area contributed by atoms with Crippen LogP contribution in [-0.4, -0.2) is 42.0 Å². The monoisotopic (exact) mass is 415 g/mol. The van der Waals surface area contributed by atoms with Crippen LogP contribution in [0, 0.1) is 0 Å². The van der Waals surface area contributed by atoms with E-state index in [1.807, 2.05) is 60.7 Å². The van der Waals surface area contributed by atoms with E-state index >= 15 is 0 Å². The summed E-state index contributed by atoms with van der Waals surface area (Å²) in [6, 6.07) is 20.4. The van der Waals surface area contributed by atoms with E-state index in [-0.39, 0.29) is 11.8 Å². The van der Waals surface area contributed by atoms with Gasteiger partial charge in [-0.15, -0.1) is 0 Å². The van der Waals surface area contributed by atoms with Crippen molar-refractivity contribution < 1.29 is 14.3 Å². The molecule has 2 aromatic carbocycles. The molecule has 0 radical (unpaired) electrons. The number of fused-ring (bicyclic) bond motifs is 1. The molecule has 3 aromatic rings. The molecule has 4 rings (SSSR count). The Hall–Kier alpha value is -3.51. The van der Waals surface area contributed by atoms with E-state index in [9.17, 15) is 9.59 Å². The summed E-state index contributed by atoms with van der Waals surface area (Å²) in [6.45, 7) is 1.16. The third kappa shape index (κ3) is 4.34. The van der Waals surface area contributed by atoms with Gasteiger partial charge in [0.05, 0.1) is 18.6 Å². The maximum absolute atomic E-state index is 13.5. The summed E-state index contributed by atoms with van der Waals surface area (Å²) in [5.41, 5.74) is 3.15. The third-order valence-corrected chi connectivity index (χ3v) is 5.59. The quantitative estimate of drug-likeness (QED) is 0.643. The van der Waals surface area contributed by atoms with Crippen molar-refractivity contribution in [3.8, 4) is 0 Å². The van der Waals surface area contributed by atoms with E-state index in [1.165, 1.54) is 0 Å². The summed E-state index contributed by atoms with van der Waals surface area (Å²) in [7, 11) is 1.61. The van der Waals surface area contributed by atoms with Gasteiger partial charge in [-0.05, 0) is 28.8 Å². The number of benzene rings is 2. The Labute approximate surface area is 181 Å². The van der Waals surface area contributed by atoms with Gasteiger partial charge < -0.3 is 15.0 Å². The van der Waals surface area contributed by atoms with Gasteiger partial charge >= 0.3 is 0 Å². The highest BCUT2D eigenvalue weighted by Gasteiger charge is 2.43. The first kappa shape index (κ1) is 20.8. The second-order valence-electron chi connectivity index (χ2n) is 7.49. The first-order valence-electron chi connectivity index (χ1n) is 10.3. The Kier molecular flexibility index (Phi) is 6.38. The van der Waals surface area contributed by atoms with Crippen molar-refractivity contribution in [2.45, 2.75) is 18.5 Å². The number of amides is 2. The lowest BCUT2D eigenvalue weighted by atomic mass is 9.79. The number of hydrogen-bond acceptors (Lipinski definition) is 4. The Bertz CT molecular complexity index is 1040. The fourth-order valence-electron chi connectivity index (χ4n) is 4.13. The molecule has 0 aliphatic carbocycles. The number of aromatic nitrogens is 1. The molecule has 158 valence electrons. The SMILES string of the molecule is COCCN1C(=O)c2ccccc2[C@H](C(=O)NCc2cccnc2)[C@@H]1c1ccccc1. The molecular weight excluding hydrogens is 390 g/mol. The van der Waals surface area contributed by atoms with Gasteiger partial charge in [0.15, 0.2) is 0 Å². The second-order valence-corrected chi connectivity index (χ2v) is 7.49. The summed E-state index contributed by atoms with van der Waals surface area (Å²) >= 11 is 0. The molecule has 0 saturated heterocycles. The van der Waals surface area contributed by atoms with E-state index in [0.717, 1.165) is 16.7 Å². The Morgan fingerprint density at radius 1 is 1.06 bits per heavy atom. The van der Waals surface area contributed by atoms with Crippen LogP contribution in [0.5, 0.6) is 0 Å². The van der Waals surface area contributed by atoms with Gasteiger partial charge in [0.25, 0.3) is 5.91 Å². The smallest absolute Gasteiger partial charge is 0.254 e. The largest absolute Gasteiger partial charge is 0.383 e. The minimum absolute atomic E-state index is 0.0854. The van der Waals surface area contributed by atoms with Crippen LogP contribution in [0.1, 0.15) is 39.0 Å². The highest BCUT2D eigenvalue weighted by atomic mass is 16.5. The van der Waals surface area contributed by atoms with Gasteiger partial charge in [0.1, 0.15) is 0 Å². The highest BCUT2D eigenvalue weighted by molar-refractivity contribution is 6.01. The molecule has 1 aliphatic heterocycles. The van der Waals surface area contributed by atoms with E-state index in [2.05, 4.69) is 10.3 Å². The summed E-state index contributed by atoms with van der Waals surface area (Å²) in [6.07, 6.45) is 3.44. The van der Waals surface area contributed by atoms with Crippen molar-refractivity contribution in [2.24, 2.45) is 0 Å². The van der Waals surface area contributed by atoms with E-state index in [0.29, 0.717) is 25.3 Å². The molecule has 0 fully saturated rings. The molecule has 2 atom stereocenters. The lowest BCUT2D eigenvalue weighted by Gasteiger charge is -2.41. The average molecular weight is 415 g/mol. The zero-order valence-electron chi connectivity index (χ0n) is 17.4. The third-order valence-electron chi connectivity index (χ3n) is 5.59. The fourth-order valence-corrected chi connectivity index (χ4v) is 4.13. The van der Waals surface area contributed by atoms with Crippen LogP contribution in [0.4, 0.5) is 0 Å². The number of carbonyl (C=O) groups is 2. The molecule has 6 heteroatoms. The van der Waals surface area contributed by atoms with Crippen molar-refractivity contribution in [2.75, 3.05) is 20.3 Å². The molecule has 1 aliphatic rings. The summed E-state index contributed by atoms with van der Waals surface area (Å²) < 4.78 is 5.26. The van der Waals surface area contributed by atoms with Crippen molar-refractivity contribution >= 4 is 11.8 Å². The first-order valence-corrected chi connectivity index (χ1v) is 10.3. The number of nitrogens with one attached hydrogen (secondary N) is 1. The molecule has 2 amide bonds. The minimum Gasteiger partial charge on any atom is -0.383 e. The standard InChI is InChI=1S/C25H25N3O3/c1-31-15-14-28-23(19-9-3-2-4-10-19)22(20-11-5-6-12-21(20)25(28)30)24(29)27-17-18-8-7-13-26-16-18/h2-13,16,22-23H,14-15,17H2,1H3,(H,27,29)/t22-,23-/m0/s1. The van der Waals surface area contributed by atoms with Crippen LogP contribution in [0.25, 0.3) is 0 Å². The molecule has 1 N–H and O–H groups in total. The van der Waals surface area contributed by atoms with Gasteiger partial charge in [0.2, 0.25) is 5.91 Å². The van der Waals surface area contributed by atoms with Crippen LogP contribution in [0.2, 0.25) is 0 Å². The summed E-state index contributed by atoms with van der Waals surface area (Å²) in [5.74, 6) is -0.747. The number of methoxy groups -OCH3 is 1. The van der Waals surface area contributed by atoms with E-state index < -0.39 is 12.0 Å². The highest BCUT2D eigenvalue weighted by Crippen LogP contribution is 2.42. The molecule has 1 aromatic heterocycles. The number of pyridine rings is 1. The molecule has 31 heavy (non-hydrogen) atoms. The van der Waals surface area contributed by atoms with Crippen molar-refractivity contribution in [1.82, 2.24) is 15.2 Å². The molecule has 0 spiro atoms. The maximum Gasteiger partial charge on any atom is 0.254 e. The van der Waals surface area contributed by atoms with Crippen LogP contribution in [0.3, 0.4) is 0 Å². The predicted octanol–water partition coefficient (Wildman–Crippen LogP) is 3.33. The zero-order chi connectivity index (χ0) is 21.6. The second kappa shape index (κ2) is 9.53. The molecule has 6 nitrogen and oxygen atoms in total. The van der Waals surface area contributed by atoms with E-state index in [4.69, 9.17) is 4.74 Å². The number of ether oxygens (including phenoxy) is 1. The number of nitrogens with zero attached hydrogens (tertiary/aromatic N) is 2. The van der Waals surface area contributed by atoms with Crippen LogP contribution in [0.15, 0.2) is 79.1 Å². The van der Waals surface area contributed by atoms with Crippen LogP contribution >= 0.6 is 0 Å². The summed E-state index contributed by atoms with van der Waals surface area (Å²) in [5, 5.41) is 3.05. The van der Waals surface area contributed by atoms with Gasteiger partial charge in [-0.2, -0.15) is 0 Å². The van der Waals surface area contributed by atoms with Crippen molar-refractivity contribution in [3.63, 3.8) is 0 Å². The molecule has 2 heterocycles. The Balaban J connectivity index is 1.74. The normalized spacial score (nSPS) is 17.8. The minimum atomic E-state index is -0.537. The van der Waals surface area contributed by atoms with Crippen LogP contribution < -0.4 is 5.32 Å². The molecule has 0 unspecified atom stereocenters. The van der Waals surface area contributed by atoms with Gasteiger partial charge in [-0.1, -0.05) is 54.6 Å².